The van der Waals surface area contributed by atoms with Gasteiger partial charge in [0.25, 0.3) is 0 Å². The van der Waals surface area contributed by atoms with Crippen molar-refractivity contribution in [2.24, 2.45) is 0 Å². The van der Waals surface area contributed by atoms with E-state index in [0.717, 1.165) is 34.9 Å². The van der Waals surface area contributed by atoms with Crippen molar-refractivity contribution in [3.8, 4) is 0 Å². The van der Waals surface area contributed by atoms with Crippen LogP contribution in [0.5, 0.6) is 0 Å². The van der Waals surface area contributed by atoms with Crippen LogP contribution in [0.2, 0.25) is 0 Å². The summed E-state index contributed by atoms with van der Waals surface area (Å²) in [4.78, 5) is 13.3. The quantitative estimate of drug-likeness (QED) is 0.509. The SMILES string of the molecule is Cc1ccc(SCCCNC(=O)CN(c2ccc(F)cc2)S(C)(=O)=O)cc1. The highest BCUT2D eigenvalue weighted by Gasteiger charge is 2.20. The Bertz CT molecular complexity index is 854. The Morgan fingerprint density at radius 2 is 1.74 bits per heavy atom. The molecule has 0 aromatic heterocycles. The van der Waals surface area contributed by atoms with E-state index in [4.69, 9.17) is 0 Å². The van der Waals surface area contributed by atoms with Gasteiger partial charge in [0, 0.05) is 11.4 Å². The van der Waals surface area contributed by atoms with E-state index in [2.05, 4.69) is 29.6 Å². The number of halogens is 1. The van der Waals surface area contributed by atoms with Crippen LogP contribution >= 0.6 is 11.8 Å². The van der Waals surface area contributed by atoms with Gasteiger partial charge in [-0.1, -0.05) is 17.7 Å². The number of nitrogens with zero attached hydrogens (tertiary/aromatic N) is 1. The van der Waals surface area contributed by atoms with E-state index < -0.39 is 21.7 Å². The average molecular weight is 411 g/mol. The number of hydrogen-bond acceptors (Lipinski definition) is 4. The van der Waals surface area contributed by atoms with Gasteiger partial charge in [0.05, 0.1) is 11.9 Å². The lowest BCUT2D eigenvalue weighted by Crippen LogP contribution is -2.40. The highest BCUT2D eigenvalue weighted by molar-refractivity contribution is 7.99. The third-order valence-electron chi connectivity index (χ3n) is 3.74. The van der Waals surface area contributed by atoms with Gasteiger partial charge in [-0.3, -0.25) is 9.10 Å². The molecule has 0 aliphatic heterocycles. The van der Waals surface area contributed by atoms with Crippen LogP contribution in [0.1, 0.15) is 12.0 Å². The number of hydrogen-bond donors (Lipinski definition) is 1. The molecule has 0 aliphatic carbocycles. The highest BCUT2D eigenvalue weighted by Crippen LogP contribution is 2.19. The maximum Gasteiger partial charge on any atom is 0.240 e. The molecule has 2 aromatic carbocycles. The Hall–Kier alpha value is -2.06. The van der Waals surface area contributed by atoms with Crippen molar-refractivity contribution >= 4 is 33.4 Å². The molecule has 0 atom stereocenters. The summed E-state index contributed by atoms with van der Waals surface area (Å²) >= 11 is 1.70. The van der Waals surface area contributed by atoms with E-state index in [1.165, 1.54) is 22.6 Å². The standard InChI is InChI=1S/C19H23FN2O3S2/c1-15-4-10-18(11-5-15)26-13-3-12-21-19(23)14-22(27(2,24)25)17-8-6-16(20)7-9-17/h4-11H,3,12-14H2,1-2H3,(H,21,23). The van der Waals surface area contributed by atoms with Gasteiger partial charge >= 0.3 is 0 Å². The predicted molar refractivity (Wildman–Crippen MR) is 108 cm³/mol. The number of rotatable bonds is 9. The molecule has 27 heavy (non-hydrogen) atoms. The molecule has 0 radical (unpaired) electrons. The van der Waals surface area contributed by atoms with Crippen molar-refractivity contribution in [1.82, 2.24) is 5.32 Å². The number of anilines is 1. The average Bonchev–Trinajstić information content (AvgIpc) is 2.61. The van der Waals surface area contributed by atoms with Crippen molar-refractivity contribution in [3.63, 3.8) is 0 Å². The maximum atomic E-state index is 13.0. The lowest BCUT2D eigenvalue weighted by molar-refractivity contribution is -0.119. The summed E-state index contributed by atoms with van der Waals surface area (Å²) in [5.74, 6) is -0.0234. The van der Waals surface area contributed by atoms with Gasteiger partial charge in [-0.15, -0.1) is 11.8 Å². The summed E-state index contributed by atoms with van der Waals surface area (Å²) in [6.45, 7) is 2.16. The summed E-state index contributed by atoms with van der Waals surface area (Å²) in [6, 6.07) is 13.2. The molecular weight excluding hydrogens is 387 g/mol. The van der Waals surface area contributed by atoms with Crippen molar-refractivity contribution in [2.75, 3.05) is 29.4 Å². The fourth-order valence-electron chi connectivity index (χ4n) is 2.32. The molecule has 0 saturated carbocycles. The number of sulfonamides is 1. The second-order valence-electron chi connectivity index (χ2n) is 6.11. The first-order valence-corrected chi connectivity index (χ1v) is 11.3. The number of nitrogens with one attached hydrogen (secondary N) is 1. The Kier molecular flexibility index (Phi) is 7.67. The molecule has 2 rings (SSSR count). The van der Waals surface area contributed by atoms with Crippen molar-refractivity contribution in [1.29, 1.82) is 0 Å². The monoisotopic (exact) mass is 410 g/mol. The zero-order valence-corrected chi connectivity index (χ0v) is 16.9. The van der Waals surface area contributed by atoms with Crippen LogP contribution < -0.4 is 9.62 Å². The van der Waals surface area contributed by atoms with E-state index in [-0.39, 0.29) is 12.2 Å². The summed E-state index contributed by atoms with van der Waals surface area (Å²) in [6.07, 6.45) is 1.78. The first-order chi connectivity index (χ1) is 12.8. The first-order valence-electron chi connectivity index (χ1n) is 8.45. The van der Waals surface area contributed by atoms with Gasteiger partial charge < -0.3 is 5.32 Å². The molecule has 0 fully saturated rings. The number of amides is 1. The Labute approximate surface area is 164 Å². The summed E-state index contributed by atoms with van der Waals surface area (Å²) in [7, 11) is -3.65. The maximum absolute atomic E-state index is 13.0. The van der Waals surface area contributed by atoms with E-state index in [1.54, 1.807) is 11.8 Å². The molecule has 1 amide bonds. The predicted octanol–water partition coefficient (Wildman–Crippen LogP) is 3.20. The second-order valence-corrected chi connectivity index (χ2v) is 9.19. The van der Waals surface area contributed by atoms with Crippen LogP contribution in [0, 0.1) is 12.7 Å². The largest absolute Gasteiger partial charge is 0.354 e. The zero-order chi connectivity index (χ0) is 19.9. The Balaban J connectivity index is 1.80. The molecule has 5 nitrogen and oxygen atoms in total. The molecular formula is C19H23FN2O3S2. The molecule has 146 valence electrons. The molecule has 0 aliphatic rings. The molecule has 0 heterocycles. The fraction of sp³-hybridized carbons (Fsp3) is 0.316. The molecule has 8 heteroatoms. The lowest BCUT2D eigenvalue weighted by Gasteiger charge is -2.21. The van der Waals surface area contributed by atoms with E-state index in [9.17, 15) is 17.6 Å². The van der Waals surface area contributed by atoms with Gasteiger partial charge in [-0.05, 0) is 55.5 Å². The van der Waals surface area contributed by atoms with Gasteiger partial charge in [0.2, 0.25) is 15.9 Å². The third kappa shape index (κ3) is 7.22. The minimum absolute atomic E-state index is 0.254. The molecule has 2 aromatic rings. The van der Waals surface area contributed by atoms with Gasteiger partial charge in [0.1, 0.15) is 12.4 Å². The third-order valence-corrected chi connectivity index (χ3v) is 5.97. The highest BCUT2D eigenvalue weighted by atomic mass is 32.2. The number of carbonyl (C=O) groups is 1. The lowest BCUT2D eigenvalue weighted by atomic mass is 10.2. The van der Waals surface area contributed by atoms with Crippen LogP contribution in [0.15, 0.2) is 53.4 Å². The van der Waals surface area contributed by atoms with E-state index in [1.807, 2.05) is 6.92 Å². The molecule has 0 unspecified atom stereocenters. The summed E-state index contributed by atoms with van der Waals surface area (Å²) < 4.78 is 37.9. The minimum Gasteiger partial charge on any atom is -0.354 e. The fourth-order valence-corrected chi connectivity index (χ4v) is 4.03. The van der Waals surface area contributed by atoms with Crippen LogP contribution in [0.3, 0.4) is 0 Å². The number of thioether (sulfide) groups is 1. The number of benzene rings is 2. The van der Waals surface area contributed by atoms with Gasteiger partial charge in [-0.25, -0.2) is 12.8 Å². The smallest absolute Gasteiger partial charge is 0.240 e. The van der Waals surface area contributed by atoms with Crippen molar-refractivity contribution < 1.29 is 17.6 Å². The van der Waals surface area contributed by atoms with Crippen molar-refractivity contribution in [2.45, 2.75) is 18.2 Å². The number of carbonyl (C=O) groups excluding carboxylic acids is 1. The molecule has 1 N–H and O–H groups in total. The summed E-state index contributed by atoms with van der Waals surface area (Å²) in [5.41, 5.74) is 1.46. The Morgan fingerprint density at radius 1 is 1.11 bits per heavy atom. The molecule has 0 bridgehead atoms. The minimum atomic E-state index is -3.65. The van der Waals surface area contributed by atoms with E-state index >= 15 is 0 Å². The van der Waals surface area contributed by atoms with Crippen molar-refractivity contribution in [3.05, 3.63) is 59.9 Å². The molecule has 0 spiro atoms. The van der Waals surface area contributed by atoms with Crippen LogP contribution in [0.25, 0.3) is 0 Å². The first kappa shape index (κ1) is 21.2. The normalized spacial score (nSPS) is 11.2. The van der Waals surface area contributed by atoms with Gasteiger partial charge in [-0.2, -0.15) is 0 Å². The Morgan fingerprint density at radius 3 is 2.33 bits per heavy atom. The van der Waals surface area contributed by atoms with Crippen LogP contribution in [-0.4, -0.2) is 39.4 Å². The van der Waals surface area contributed by atoms with Crippen LogP contribution in [0.4, 0.5) is 10.1 Å². The topological polar surface area (TPSA) is 66.5 Å². The van der Waals surface area contributed by atoms with Gasteiger partial charge in [0.15, 0.2) is 0 Å². The number of aryl methyl sites for hydroxylation is 1. The summed E-state index contributed by atoms with van der Waals surface area (Å²) in [5, 5.41) is 2.73. The van der Waals surface area contributed by atoms with E-state index in [0.29, 0.717) is 6.54 Å². The second kappa shape index (κ2) is 9.75. The van der Waals surface area contributed by atoms with Crippen LogP contribution in [-0.2, 0) is 14.8 Å². The zero-order valence-electron chi connectivity index (χ0n) is 15.3. The molecule has 0 saturated heterocycles.